The number of benzene rings is 1. The summed E-state index contributed by atoms with van der Waals surface area (Å²) in [6.07, 6.45) is 0.712. The first-order chi connectivity index (χ1) is 11.1. The Balaban J connectivity index is 1.74. The van der Waals surface area contributed by atoms with Crippen molar-refractivity contribution in [2.45, 2.75) is 19.9 Å². The lowest BCUT2D eigenvalue weighted by molar-refractivity contribution is 0.240. The number of carbonyl (C=O) groups is 1. The molecule has 0 radical (unpaired) electrons. The fourth-order valence-electron chi connectivity index (χ4n) is 2.06. The molecule has 0 aliphatic rings. The van der Waals surface area contributed by atoms with E-state index in [1.54, 1.807) is 25.6 Å². The van der Waals surface area contributed by atoms with Gasteiger partial charge in [-0.05, 0) is 31.0 Å². The van der Waals surface area contributed by atoms with Crippen molar-refractivity contribution >= 4 is 17.4 Å². The molecule has 23 heavy (non-hydrogen) atoms. The molecule has 0 bridgehead atoms. The van der Waals surface area contributed by atoms with Crippen LogP contribution in [0.4, 0.5) is 4.79 Å². The number of aryl methyl sites for hydroxylation is 1. The highest BCUT2D eigenvalue weighted by Crippen LogP contribution is 2.27. The van der Waals surface area contributed by atoms with Crippen LogP contribution in [0.15, 0.2) is 23.6 Å². The molecule has 2 amide bonds. The minimum atomic E-state index is -0.196. The molecule has 2 aromatic rings. The summed E-state index contributed by atoms with van der Waals surface area (Å²) >= 11 is 1.54. The predicted octanol–water partition coefficient (Wildman–Crippen LogP) is 2.51. The fourth-order valence-corrected chi connectivity index (χ4v) is 2.77. The van der Waals surface area contributed by atoms with E-state index < -0.39 is 0 Å². The predicted molar refractivity (Wildman–Crippen MR) is 90.3 cm³/mol. The average Bonchev–Trinajstić information content (AvgIpc) is 2.98. The van der Waals surface area contributed by atoms with Gasteiger partial charge in [-0.25, -0.2) is 9.78 Å². The molecule has 0 aliphatic heterocycles. The third-order valence-electron chi connectivity index (χ3n) is 3.21. The van der Waals surface area contributed by atoms with Crippen LogP contribution in [-0.2, 0) is 13.0 Å². The van der Waals surface area contributed by atoms with E-state index in [0.717, 1.165) is 16.3 Å². The summed E-state index contributed by atoms with van der Waals surface area (Å²) in [7, 11) is 3.21. The van der Waals surface area contributed by atoms with Crippen molar-refractivity contribution in [1.82, 2.24) is 15.6 Å². The van der Waals surface area contributed by atoms with Crippen molar-refractivity contribution in [3.63, 3.8) is 0 Å². The lowest BCUT2D eigenvalue weighted by atomic mass is 10.1. The van der Waals surface area contributed by atoms with Gasteiger partial charge in [0.05, 0.1) is 20.8 Å². The Hall–Kier alpha value is -2.28. The number of methoxy groups -OCH3 is 2. The highest BCUT2D eigenvalue weighted by atomic mass is 32.1. The molecule has 0 unspecified atom stereocenters. The van der Waals surface area contributed by atoms with E-state index in [2.05, 4.69) is 15.6 Å². The van der Waals surface area contributed by atoms with Gasteiger partial charge in [0.25, 0.3) is 0 Å². The second-order valence-electron chi connectivity index (χ2n) is 4.93. The van der Waals surface area contributed by atoms with Crippen LogP contribution in [0.5, 0.6) is 11.5 Å². The largest absolute Gasteiger partial charge is 0.493 e. The Morgan fingerprint density at radius 1 is 1.22 bits per heavy atom. The number of hydrogen-bond donors (Lipinski definition) is 2. The first-order valence-electron chi connectivity index (χ1n) is 7.26. The van der Waals surface area contributed by atoms with Gasteiger partial charge >= 0.3 is 6.03 Å². The van der Waals surface area contributed by atoms with Crippen LogP contribution in [0, 0.1) is 6.92 Å². The Morgan fingerprint density at radius 3 is 2.65 bits per heavy atom. The van der Waals surface area contributed by atoms with Crippen LogP contribution < -0.4 is 20.1 Å². The van der Waals surface area contributed by atoms with Gasteiger partial charge in [0, 0.05) is 17.6 Å². The number of rotatable bonds is 7. The minimum Gasteiger partial charge on any atom is -0.493 e. The molecule has 6 nitrogen and oxygen atoms in total. The first-order valence-corrected chi connectivity index (χ1v) is 8.14. The van der Waals surface area contributed by atoms with Gasteiger partial charge < -0.3 is 20.1 Å². The topological polar surface area (TPSA) is 72.5 Å². The molecule has 1 aromatic heterocycles. The number of amides is 2. The molecular formula is C16H21N3O3S. The minimum absolute atomic E-state index is 0.196. The number of carbonyl (C=O) groups excluding carboxylic acids is 1. The lowest BCUT2D eigenvalue weighted by Gasteiger charge is -2.10. The van der Waals surface area contributed by atoms with E-state index >= 15 is 0 Å². The molecule has 1 heterocycles. The molecule has 124 valence electrons. The second-order valence-corrected chi connectivity index (χ2v) is 5.87. The maximum Gasteiger partial charge on any atom is 0.315 e. The highest BCUT2D eigenvalue weighted by molar-refractivity contribution is 7.09. The average molecular weight is 335 g/mol. The summed E-state index contributed by atoms with van der Waals surface area (Å²) in [5.41, 5.74) is 2.04. The number of aromatic nitrogens is 1. The standard InChI is InChI=1S/C16H21N3O3S/c1-11-10-23-15(19-11)9-18-16(20)17-7-6-12-4-5-13(21-2)14(8-12)22-3/h4-5,8,10H,6-7,9H2,1-3H3,(H2,17,18,20). The van der Waals surface area contributed by atoms with Gasteiger partial charge in [-0.3, -0.25) is 0 Å². The van der Waals surface area contributed by atoms with Crippen molar-refractivity contribution in [2.24, 2.45) is 0 Å². The Labute approximate surface area is 139 Å². The SMILES string of the molecule is COc1ccc(CCNC(=O)NCc2nc(C)cs2)cc1OC. The summed E-state index contributed by atoms with van der Waals surface area (Å²) in [6.45, 7) is 2.92. The number of urea groups is 1. The molecule has 0 saturated carbocycles. The van der Waals surface area contributed by atoms with Crippen LogP contribution in [0.3, 0.4) is 0 Å². The number of nitrogens with one attached hydrogen (secondary N) is 2. The molecule has 0 fully saturated rings. The summed E-state index contributed by atoms with van der Waals surface area (Å²) in [5, 5.41) is 8.49. The van der Waals surface area contributed by atoms with Crippen molar-refractivity contribution < 1.29 is 14.3 Å². The Kier molecular flexibility index (Phi) is 6.22. The summed E-state index contributed by atoms with van der Waals surface area (Å²) in [5.74, 6) is 1.38. The Morgan fingerprint density at radius 2 is 2.00 bits per heavy atom. The lowest BCUT2D eigenvalue weighted by Crippen LogP contribution is -2.36. The molecule has 0 saturated heterocycles. The van der Waals surface area contributed by atoms with E-state index in [9.17, 15) is 4.79 Å². The van der Waals surface area contributed by atoms with Gasteiger partial charge in [0.15, 0.2) is 11.5 Å². The first kappa shape index (κ1) is 17.1. The van der Waals surface area contributed by atoms with Crippen molar-refractivity contribution in [2.75, 3.05) is 20.8 Å². The monoisotopic (exact) mass is 335 g/mol. The smallest absolute Gasteiger partial charge is 0.315 e. The number of nitrogens with zero attached hydrogens (tertiary/aromatic N) is 1. The molecule has 7 heteroatoms. The van der Waals surface area contributed by atoms with Crippen LogP contribution in [0.1, 0.15) is 16.3 Å². The number of thiazole rings is 1. The zero-order valence-corrected chi connectivity index (χ0v) is 14.3. The van der Waals surface area contributed by atoms with Crippen LogP contribution in [0.2, 0.25) is 0 Å². The second kappa shape index (κ2) is 8.38. The summed E-state index contributed by atoms with van der Waals surface area (Å²) < 4.78 is 10.5. The highest BCUT2D eigenvalue weighted by Gasteiger charge is 2.06. The van der Waals surface area contributed by atoms with Crippen LogP contribution in [-0.4, -0.2) is 31.8 Å². The van der Waals surface area contributed by atoms with Crippen LogP contribution in [0.25, 0.3) is 0 Å². The van der Waals surface area contributed by atoms with E-state index in [1.165, 1.54) is 0 Å². The maximum atomic E-state index is 11.7. The molecule has 0 atom stereocenters. The third-order valence-corrected chi connectivity index (χ3v) is 4.18. The Bertz CT molecular complexity index is 658. The molecule has 2 N–H and O–H groups in total. The molecule has 0 aliphatic carbocycles. The number of hydrogen-bond acceptors (Lipinski definition) is 5. The molecular weight excluding hydrogens is 314 g/mol. The zero-order chi connectivity index (χ0) is 16.7. The number of ether oxygens (including phenoxy) is 2. The van der Waals surface area contributed by atoms with E-state index in [-0.39, 0.29) is 6.03 Å². The van der Waals surface area contributed by atoms with Gasteiger partial charge in [-0.2, -0.15) is 0 Å². The molecule has 1 aromatic carbocycles. The van der Waals surface area contributed by atoms with E-state index in [4.69, 9.17) is 9.47 Å². The molecule has 2 rings (SSSR count). The van der Waals surface area contributed by atoms with E-state index in [0.29, 0.717) is 31.0 Å². The zero-order valence-electron chi connectivity index (χ0n) is 13.5. The quantitative estimate of drug-likeness (QED) is 0.815. The van der Waals surface area contributed by atoms with Crippen molar-refractivity contribution in [3.8, 4) is 11.5 Å². The van der Waals surface area contributed by atoms with E-state index in [1.807, 2.05) is 30.5 Å². The normalized spacial score (nSPS) is 10.2. The summed E-state index contributed by atoms with van der Waals surface area (Å²) in [6, 6.07) is 5.54. The van der Waals surface area contributed by atoms with Gasteiger partial charge in [-0.15, -0.1) is 11.3 Å². The van der Waals surface area contributed by atoms with Gasteiger partial charge in [0.2, 0.25) is 0 Å². The third kappa shape index (κ3) is 5.14. The van der Waals surface area contributed by atoms with Gasteiger partial charge in [-0.1, -0.05) is 6.07 Å². The fraction of sp³-hybridized carbons (Fsp3) is 0.375. The van der Waals surface area contributed by atoms with Crippen LogP contribution >= 0.6 is 11.3 Å². The van der Waals surface area contributed by atoms with Crippen molar-refractivity contribution in [3.05, 3.63) is 39.8 Å². The maximum absolute atomic E-state index is 11.7. The van der Waals surface area contributed by atoms with Crippen molar-refractivity contribution in [1.29, 1.82) is 0 Å². The summed E-state index contributed by atoms with van der Waals surface area (Å²) in [4.78, 5) is 16.0. The van der Waals surface area contributed by atoms with Gasteiger partial charge in [0.1, 0.15) is 5.01 Å². The molecule has 0 spiro atoms.